The summed E-state index contributed by atoms with van der Waals surface area (Å²) in [5.74, 6) is 1.65. The van der Waals surface area contributed by atoms with Gasteiger partial charge in [-0.1, -0.05) is 29.8 Å². The van der Waals surface area contributed by atoms with Crippen LogP contribution in [-0.4, -0.2) is 40.3 Å². The molecular weight excluding hydrogens is 312 g/mol. The Morgan fingerprint density at radius 1 is 1.00 bits per heavy atom. The van der Waals surface area contributed by atoms with Gasteiger partial charge in [-0.15, -0.1) is 0 Å². The summed E-state index contributed by atoms with van der Waals surface area (Å²) in [5, 5.41) is 6.57. The number of hydrogen-bond acceptors (Lipinski definition) is 3. The first-order valence-corrected chi connectivity index (χ1v) is 8.49. The molecule has 0 aromatic heterocycles. The fourth-order valence-corrected chi connectivity index (χ4v) is 2.29. The molecule has 0 aliphatic carbocycles. The summed E-state index contributed by atoms with van der Waals surface area (Å²) in [4.78, 5) is 6.32. The standard InChI is InChI=1S/C20H28N4O/c1-16-5-11-19(12-6-16)25-14-13-22-20(21-2)23-15-17-7-9-18(10-8-17)24(3)4/h5-12H,13-15H2,1-4H3,(H2,21,22,23). The summed E-state index contributed by atoms with van der Waals surface area (Å²) >= 11 is 0. The molecular formula is C20H28N4O. The molecule has 2 aromatic rings. The third kappa shape index (κ3) is 6.37. The molecule has 0 amide bonds. The summed E-state index contributed by atoms with van der Waals surface area (Å²) in [6.07, 6.45) is 0. The van der Waals surface area contributed by atoms with Crippen LogP contribution in [0.3, 0.4) is 0 Å². The molecule has 0 fully saturated rings. The number of aliphatic imine (C=N–C) groups is 1. The van der Waals surface area contributed by atoms with Crippen LogP contribution in [-0.2, 0) is 6.54 Å². The highest BCUT2D eigenvalue weighted by molar-refractivity contribution is 5.79. The van der Waals surface area contributed by atoms with E-state index in [1.165, 1.54) is 16.8 Å². The minimum atomic E-state index is 0.585. The number of ether oxygens (including phenoxy) is 1. The van der Waals surface area contributed by atoms with Crippen molar-refractivity contribution >= 4 is 11.6 Å². The van der Waals surface area contributed by atoms with Gasteiger partial charge in [0.2, 0.25) is 0 Å². The minimum absolute atomic E-state index is 0.585. The first-order valence-electron chi connectivity index (χ1n) is 8.49. The Bertz CT molecular complexity index is 663. The molecule has 0 bridgehead atoms. The lowest BCUT2D eigenvalue weighted by Gasteiger charge is -2.14. The Kier molecular flexibility index (Phi) is 7.14. The molecule has 0 heterocycles. The number of guanidine groups is 1. The molecule has 0 aliphatic rings. The SMILES string of the molecule is CN=C(NCCOc1ccc(C)cc1)NCc1ccc(N(C)C)cc1. The largest absolute Gasteiger partial charge is 0.492 e. The Hall–Kier alpha value is -2.69. The monoisotopic (exact) mass is 340 g/mol. The van der Waals surface area contributed by atoms with Gasteiger partial charge in [-0.25, -0.2) is 0 Å². The van der Waals surface area contributed by atoms with Crippen molar-refractivity contribution in [3.63, 3.8) is 0 Å². The van der Waals surface area contributed by atoms with Crippen LogP contribution in [0.5, 0.6) is 5.75 Å². The lowest BCUT2D eigenvalue weighted by atomic mass is 10.2. The molecule has 2 rings (SSSR count). The van der Waals surface area contributed by atoms with Gasteiger partial charge in [0, 0.05) is 33.4 Å². The molecule has 0 unspecified atom stereocenters. The molecule has 0 spiro atoms. The van der Waals surface area contributed by atoms with Crippen molar-refractivity contribution in [3.8, 4) is 5.75 Å². The van der Waals surface area contributed by atoms with Crippen molar-refractivity contribution < 1.29 is 4.74 Å². The summed E-state index contributed by atoms with van der Waals surface area (Å²) in [6.45, 7) is 4.07. The zero-order chi connectivity index (χ0) is 18.1. The number of nitrogens with zero attached hydrogens (tertiary/aromatic N) is 2. The van der Waals surface area contributed by atoms with Crippen LogP contribution < -0.4 is 20.3 Å². The van der Waals surface area contributed by atoms with Gasteiger partial charge >= 0.3 is 0 Å². The maximum Gasteiger partial charge on any atom is 0.191 e. The summed E-state index contributed by atoms with van der Waals surface area (Å²) in [6, 6.07) is 16.5. The van der Waals surface area contributed by atoms with E-state index >= 15 is 0 Å². The van der Waals surface area contributed by atoms with E-state index in [1.807, 2.05) is 38.4 Å². The molecule has 2 aromatic carbocycles. The maximum absolute atomic E-state index is 5.70. The van der Waals surface area contributed by atoms with Crippen LogP contribution in [0.15, 0.2) is 53.5 Å². The van der Waals surface area contributed by atoms with Gasteiger partial charge in [-0.3, -0.25) is 4.99 Å². The smallest absolute Gasteiger partial charge is 0.191 e. The highest BCUT2D eigenvalue weighted by Gasteiger charge is 2.00. The molecule has 25 heavy (non-hydrogen) atoms. The lowest BCUT2D eigenvalue weighted by Crippen LogP contribution is -2.38. The van der Waals surface area contributed by atoms with Crippen LogP contribution in [0, 0.1) is 6.92 Å². The van der Waals surface area contributed by atoms with Crippen molar-refractivity contribution in [2.75, 3.05) is 39.2 Å². The molecule has 0 atom stereocenters. The van der Waals surface area contributed by atoms with Gasteiger partial charge in [0.05, 0.1) is 6.54 Å². The van der Waals surface area contributed by atoms with Crippen LogP contribution in [0.25, 0.3) is 0 Å². The van der Waals surface area contributed by atoms with Gasteiger partial charge < -0.3 is 20.3 Å². The first kappa shape index (κ1) is 18.6. The van der Waals surface area contributed by atoms with E-state index in [2.05, 4.69) is 51.7 Å². The third-order valence-electron chi connectivity index (χ3n) is 3.82. The van der Waals surface area contributed by atoms with E-state index in [0.717, 1.165) is 18.3 Å². The molecule has 0 radical (unpaired) electrons. The third-order valence-corrected chi connectivity index (χ3v) is 3.82. The van der Waals surface area contributed by atoms with Crippen molar-refractivity contribution in [1.82, 2.24) is 10.6 Å². The first-order chi connectivity index (χ1) is 12.1. The predicted octanol–water partition coefficient (Wildman–Crippen LogP) is 2.81. The number of anilines is 1. The second-order valence-electron chi connectivity index (χ2n) is 6.07. The van der Waals surface area contributed by atoms with Crippen molar-refractivity contribution in [2.24, 2.45) is 4.99 Å². The number of benzene rings is 2. The van der Waals surface area contributed by atoms with E-state index in [9.17, 15) is 0 Å². The highest BCUT2D eigenvalue weighted by Crippen LogP contribution is 2.12. The van der Waals surface area contributed by atoms with E-state index in [0.29, 0.717) is 13.2 Å². The van der Waals surface area contributed by atoms with Crippen molar-refractivity contribution in [2.45, 2.75) is 13.5 Å². The Labute approximate surface area is 150 Å². The molecule has 134 valence electrons. The molecule has 5 heteroatoms. The van der Waals surface area contributed by atoms with E-state index in [1.54, 1.807) is 7.05 Å². The maximum atomic E-state index is 5.70. The van der Waals surface area contributed by atoms with Gasteiger partial charge in [0.15, 0.2) is 5.96 Å². The van der Waals surface area contributed by atoms with Crippen LogP contribution in [0.1, 0.15) is 11.1 Å². The van der Waals surface area contributed by atoms with Crippen LogP contribution in [0.2, 0.25) is 0 Å². The predicted molar refractivity (Wildman–Crippen MR) is 106 cm³/mol. The molecule has 2 N–H and O–H groups in total. The zero-order valence-corrected chi connectivity index (χ0v) is 15.5. The average Bonchev–Trinajstić information content (AvgIpc) is 2.63. The number of aryl methyl sites for hydroxylation is 1. The summed E-state index contributed by atoms with van der Waals surface area (Å²) in [5.41, 5.74) is 3.64. The van der Waals surface area contributed by atoms with E-state index in [4.69, 9.17) is 4.74 Å². The molecule has 0 saturated heterocycles. The average molecular weight is 340 g/mol. The van der Waals surface area contributed by atoms with E-state index in [-0.39, 0.29) is 0 Å². The van der Waals surface area contributed by atoms with Gasteiger partial charge in [-0.05, 0) is 36.8 Å². The van der Waals surface area contributed by atoms with Gasteiger partial charge in [0.1, 0.15) is 12.4 Å². The molecule has 0 aliphatic heterocycles. The Balaban J connectivity index is 1.70. The van der Waals surface area contributed by atoms with Crippen LogP contribution >= 0.6 is 0 Å². The number of rotatable bonds is 7. The minimum Gasteiger partial charge on any atom is -0.492 e. The number of nitrogens with one attached hydrogen (secondary N) is 2. The van der Waals surface area contributed by atoms with Crippen LogP contribution in [0.4, 0.5) is 5.69 Å². The zero-order valence-electron chi connectivity index (χ0n) is 15.5. The topological polar surface area (TPSA) is 48.9 Å². The van der Waals surface area contributed by atoms with Gasteiger partial charge in [0.25, 0.3) is 0 Å². The van der Waals surface area contributed by atoms with Crippen molar-refractivity contribution in [3.05, 3.63) is 59.7 Å². The normalized spacial score (nSPS) is 11.1. The second kappa shape index (κ2) is 9.57. The van der Waals surface area contributed by atoms with E-state index < -0.39 is 0 Å². The lowest BCUT2D eigenvalue weighted by molar-refractivity contribution is 0.322. The molecule has 5 nitrogen and oxygen atoms in total. The second-order valence-corrected chi connectivity index (χ2v) is 6.07. The Morgan fingerprint density at radius 3 is 2.28 bits per heavy atom. The quantitative estimate of drug-likeness (QED) is 0.462. The molecule has 0 saturated carbocycles. The summed E-state index contributed by atoms with van der Waals surface area (Å²) in [7, 11) is 5.85. The fraction of sp³-hybridized carbons (Fsp3) is 0.350. The number of hydrogen-bond donors (Lipinski definition) is 2. The fourth-order valence-electron chi connectivity index (χ4n) is 2.29. The highest BCUT2D eigenvalue weighted by atomic mass is 16.5. The summed E-state index contributed by atoms with van der Waals surface area (Å²) < 4.78 is 5.70. The van der Waals surface area contributed by atoms with Crippen molar-refractivity contribution in [1.29, 1.82) is 0 Å². The Morgan fingerprint density at radius 2 is 1.68 bits per heavy atom. The van der Waals surface area contributed by atoms with Gasteiger partial charge in [-0.2, -0.15) is 0 Å².